The van der Waals surface area contributed by atoms with Crippen LogP contribution in [0.4, 0.5) is 0 Å². The Kier molecular flexibility index (Phi) is 8.71. The van der Waals surface area contributed by atoms with E-state index in [1.54, 1.807) is 30.5 Å². The molecule has 0 fully saturated rings. The molecule has 27 heavy (non-hydrogen) atoms. The predicted molar refractivity (Wildman–Crippen MR) is 105 cm³/mol. The zero-order valence-corrected chi connectivity index (χ0v) is 16.8. The van der Waals surface area contributed by atoms with Crippen LogP contribution in [0.15, 0.2) is 53.6 Å². The number of sulfonamides is 1. The fourth-order valence-corrected chi connectivity index (χ4v) is 4.14. The standard InChI is InChI=1S/C20H28N2O4S/c1-3-14-22(15-12-18-7-5-6-13-21-18)27(23,24)20-10-8-19(9-11-20)26-17-16-25-4-2/h5-11,13H,3-4,12,14-17H2,1-2H3. The van der Waals surface area contributed by atoms with Crippen molar-refractivity contribution in [3.63, 3.8) is 0 Å². The van der Waals surface area contributed by atoms with Gasteiger partial charge in [-0.25, -0.2) is 8.42 Å². The number of aromatic nitrogens is 1. The van der Waals surface area contributed by atoms with Crippen molar-refractivity contribution in [2.75, 3.05) is 32.9 Å². The third-order valence-electron chi connectivity index (χ3n) is 3.98. The maximum atomic E-state index is 13.0. The lowest BCUT2D eigenvalue weighted by molar-refractivity contribution is 0.110. The molecule has 0 amide bonds. The number of hydrogen-bond acceptors (Lipinski definition) is 5. The summed E-state index contributed by atoms with van der Waals surface area (Å²) in [5, 5.41) is 0. The van der Waals surface area contributed by atoms with Gasteiger partial charge in [-0.15, -0.1) is 0 Å². The topological polar surface area (TPSA) is 68.7 Å². The van der Waals surface area contributed by atoms with Crippen molar-refractivity contribution in [1.29, 1.82) is 0 Å². The van der Waals surface area contributed by atoms with Crippen LogP contribution in [0.2, 0.25) is 0 Å². The summed E-state index contributed by atoms with van der Waals surface area (Å²) < 4.78 is 38.3. The molecular formula is C20H28N2O4S. The number of hydrogen-bond donors (Lipinski definition) is 0. The first-order valence-electron chi connectivity index (χ1n) is 9.28. The molecule has 1 aromatic carbocycles. The predicted octanol–water partition coefficient (Wildman–Crippen LogP) is 3.14. The zero-order chi connectivity index (χ0) is 19.5. The normalized spacial score (nSPS) is 11.7. The Balaban J connectivity index is 2.03. The number of ether oxygens (including phenoxy) is 2. The lowest BCUT2D eigenvalue weighted by Crippen LogP contribution is -2.33. The van der Waals surface area contributed by atoms with Gasteiger partial charge in [-0.2, -0.15) is 4.31 Å². The molecule has 1 aromatic heterocycles. The van der Waals surface area contributed by atoms with Crippen LogP contribution < -0.4 is 4.74 Å². The molecule has 7 heteroatoms. The van der Waals surface area contributed by atoms with E-state index >= 15 is 0 Å². The van der Waals surface area contributed by atoms with E-state index in [9.17, 15) is 8.42 Å². The van der Waals surface area contributed by atoms with Crippen LogP contribution >= 0.6 is 0 Å². The highest BCUT2D eigenvalue weighted by Gasteiger charge is 2.23. The highest BCUT2D eigenvalue weighted by Crippen LogP contribution is 2.20. The van der Waals surface area contributed by atoms with Crippen molar-refractivity contribution in [1.82, 2.24) is 9.29 Å². The molecule has 6 nitrogen and oxygen atoms in total. The fraction of sp³-hybridized carbons (Fsp3) is 0.450. The van der Waals surface area contributed by atoms with E-state index in [1.807, 2.05) is 32.0 Å². The van der Waals surface area contributed by atoms with Crippen LogP contribution in [-0.4, -0.2) is 50.6 Å². The van der Waals surface area contributed by atoms with Crippen LogP contribution in [0.1, 0.15) is 26.0 Å². The Morgan fingerprint density at radius 2 is 1.78 bits per heavy atom. The second kappa shape index (κ2) is 11.0. The maximum Gasteiger partial charge on any atom is 0.243 e. The van der Waals surface area contributed by atoms with Gasteiger partial charge >= 0.3 is 0 Å². The molecule has 0 spiro atoms. The average Bonchev–Trinajstić information content (AvgIpc) is 2.69. The molecule has 148 valence electrons. The molecule has 0 aliphatic heterocycles. The summed E-state index contributed by atoms with van der Waals surface area (Å²) in [5.74, 6) is 0.629. The summed E-state index contributed by atoms with van der Waals surface area (Å²) in [6, 6.07) is 12.2. The van der Waals surface area contributed by atoms with Crippen molar-refractivity contribution in [2.24, 2.45) is 0 Å². The molecular weight excluding hydrogens is 364 g/mol. The number of nitrogens with zero attached hydrogens (tertiary/aromatic N) is 2. The molecule has 0 N–H and O–H groups in total. The van der Waals surface area contributed by atoms with Gasteiger partial charge in [0.2, 0.25) is 10.0 Å². The first kappa shape index (κ1) is 21.3. The van der Waals surface area contributed by atoms with E-state index in [-0.39, 0.29) is 4.90 Å². The van der Waals surface area contributed by atoms with Crippen LogP contribution in [0, 0.1) is 0 Å². The summed E-state index contributed by atoms with van der Waals surface area (Å²) in [7, 11) is -3.55. The van der Waals surface area contributed by atoms with E-state index < -0.39 is 10.0 Å². The third kappa shape index (κ3) is 6.61. The fourth-order valence-electron chi connectivity index (χ4n) is 2.61. The second-order valence-electron chi connectivity index (χ2n) is 5.99. The van der Waals surface area contributed by atoms with Gasteiger partial charge in [0.05, 0.1) is 11.5 Å². The van der Waals surface area contributed by atoms with Crippen molar-refractivity contribution >= 4 is 10.0 Å². The van der Waals surface area contributed by atoms with E-state index in [0.29, 0.717) is 45.1 Å². The Hall–Kier alpha value is -1.96. The number of benzene rings is 1. The van der Waals surface area contributed by atoms with E-state index in [2.05, 4.69) is 4.98 Å². The highest BCUT2D eigenvalue weighted by atomic mass is 32.2. The number of pyridine rings is 1. The minimum absolute atomic E-state index is 0.272. The van der Waals surface area contributed by atoms with Gasteiger partial charge in [0.25, 0.3) is 0 Å². The molecule has 2 rings (SSSR count). The number of rotatable bonds is 12. The van der Waals surface area contributed by atoms with E-state index in [1.165, 1.54) is 4.31 Å². The Morgan fingerprint density at radius 1 is 1.00 bits per heavy atom. The smallest absolute Gasteiger partial charge is 0.243 e. The summed E-state index contributed by atoms with van der Waals surface area (Å²) in [4.78, 5) is 4.54. The minimum atomic E-state index is -3.55. The largest absolute Gasteiger partial charge is 0.491 e. The molecule has 0 aliphatic rings. The lowest BCUT2D eigenvalue weighted by atomic mass is 10.3. The molecule has 0 saturated heterocycles. The van der Waals surface area contributed by atoms with Crippen LogP contribution in [0.3, 0.4) is 0 Å². The summed E-state index contributed by atoms with van der Waals surface area (Å²) >= 11 is 0. The molecule has 1 heterocycles. The summed E-state index contributed by atoms with van der Waals surface area (Å²) in [5.41, 5.74) is 0.881. The monoisotopic (exact) mass is 392 g/mol. The molecule has 0 saturated carbocycles. The molecule has 0 aliphatic carbocycles. The quantitative estimate of drug-likeness (QED) is 0.519. The van der Waals surface area contributed by atoms with Crippen LogP contribution in [0.5, 0.6) is 5.75 Å². The van der Waals surface area contributed by atoms with Crippen molar-refractivity contribution in [3.05, 3.63) is 54.4 Å². The lowest BCUT2D eigenvalue weighted by Gasteiger charge is -2.21. The van der Waals surface area contributed by atoms with Crippen molar-refractivity contribution < 1.29 is 17.9 Å². The van der Waals surface area contributed by atoms with Gasteiger partial charge in [0, 0.05) is 38.0 Å². The SMILES string of the molecule is CCCN(CCc1ccccn1)S(=O)(=O)c1ccc(OCCOCC)cc1. The second-order valence-corrected chi connectivity index (χ2v) is 7.93. The van der Waals surface area contributed by atoms with Gasteiger partial charge in [-0.05, 0) is 49.7 Å². The van der Waals surface area contributed by atoms with Crippen LogP contribution in [-0.2, 0) is 21.2 Å². The zero-order valence-electron chi connectivity index (χ0n) is 16.0. The molecule has 0 unspecified atom stereocenters. The maximum absolute atomic E-state index is 13.0. The Bertz CT molecular complexity index is 764. The first-order valence-corrected chi connectivity index (χ1v) is 10.7. The third-order valence-corrected chi connectivity index (χ3v) is 5.89. The van der Waals surface area contributed by atoms with Crippen LogP contribution in [0.25, 0.3) is 0 Å². The minimum Gasteiger partial charge on any atom is -0.491 e. The first-order chi connectivity index (χ1) is 13.1. The van der Waals surface area contributed by atoms with E-state index in [0.717, 1.165) is 12.1 Å². The molecule has 0 bridgehead atoms. The summed E-state index contributed by atoms with van der Waals surface area (Å²) in [6.45, 7) is 6.36. The van der Waals surface area contributed by atoms with Crippen molar-refractivity contribution in [3.8, 4) is 5.75 Å². The van der Waals surface area contributed by atoms with Crippen molar-refractivity contribution in [2.45, 2.75) is 31.6 Å². The summed E-state index contributed by atoms with van der Waals surface area (Å²) in [6.07, 6.45) is 3.05. The Labute approximate surface area is 162 Å². The van der Waals surface area contributed by atoms with E-state index in [4.69, 9.17) is 9.47 Å². The molecule has 2 aromatic rings. The van der Waals surface area contributed by atoms with Gasteiger partial charge in [-0.3, -0.25) is 4.98 Å². The Morgan fingerprint density at radius 3 is 2.41 bits per heavy atom. The van der Waals surface area contributed by atoms with Gasteiger partial charge in [0.1, 0.15) is 12.4 Å². The van der Waals surface area contributed by atoms with Gasteiger partial charge < -0.3 is 9.47 Å². The van der Waals surface area contributed by atoms with Gasteiger partial charge in [0.15, 0.2) is 0 Å². The van der Waals surface area contributed by atoms with Gasteiger partial charge in [-0.1, -0.05) is 13.0 Å². The average molecular weight is 393 g/mol. The molecule has 0 atom stereocenters. The highest BCUT2D eigenvalue weighted by molar-refractivity contribution is 7.89. The molecule has 0 radical (unpaired) electrons.